The second kappa shape index (κ2) is 8.52. The number of hydrogen-bond donors (Lipinski definition) is 2. The number of fused-ring (bicyclic) bond motifs is 2. The third-order valence-corrected chi connectivity index (χ3v) is 5.94. The summed E-state index contributed by atoms with van der Waals surface area (Å²) in [6, 6.07) is 26.9. The van der Waals surface area contributed by atoms with E-state index in [1.165, 1.54) is 27.3 Å². The molecule has 0 aliphatic rings. The summed E-state index contributed by atoms with van der Waals surface area (Å²) < 4.78 is 2.13. The normalized spacial score (nSPS) is 12.3. The lowest BCUT2D eigenvalue weighted by Crippen LogP contribution is -2.28. The highest BCUT2D eigenvalue weighted by Gasteiger charge is 2.19. The zero-order chi connectivity index (χ0) is 21.0. The van der Waals surface area contributed by atoms with Crippen molar-refractivity contribution in [3.05, 3.63) is 109 Å². The molecule has 0 radical (unpaired) electrons. The molecule has 2 N–H and O–H groups in total. The third-order valence-electron chi connectivity index (χ3n) is 5.94. The van der Waals surface area contributed by atoms with Crippen molar-refractivity contribution < 1.29 is 4.79 Å². The Labute approximate surface area is 181 Å². The summed E-state index contributed by atoms with van der Waals surface area (Å²) in [5, 5.41) is 6.73. The van der Waals surface area contributed by atoms with Crippen LogP contribution in [-0.4, -0.2) is 22.0 Å². The molecule has 0 bridgehead atoms. The van der Waals surface area contributed by atoms with Crippen molar-refractivity contribution in [3.63, 3.8) is 0 Å². The van der Waals surface area contributed by atoms with Crippen molar-refractivity contribution in [3.8, 4) is 0 Å². The molecule has 1 amide bonds. The van der Waals surface area contributed by atoms with Crippen LogP contribution in [0.3, 0.4) is 0 Å². The number of carbonyl (C=O) groups is 1. The molecule has 2 aromatic heterocycles. The number of nitrogens with one attached hydrogen (secondary N) is 2. The number of aromatic amines is 1. The zero-order valence-electron chi connectivity index (χ0n) is 17.3. The monoisotopic (exact) mass is 407 g/mol. The van der Waals surface area contributed by atoms with E-state index in [1.54, 1.807) is 0 Å². The van der Waals surface area contributed by atoms with Crippen LogP contribution in [-0.2, 0) is 11.2 Å². The summed E-state index contributed by atoms with van der Waals surface area (Å²) in [4.78, 5) is 16.2. The first-order valence-electron chi connectivity index (χ1n) is 10.7. The number of nitrogens with zero attached hydrogens (tertiary/aromatic N) is 1. The fraction of sp³-hybridized carbons (Fsp3) is 0.148. The Morgan fingerprint density at radius 1 is 0.871 bits per heavy atom. The topological polar surface area (TPSA) is 49.8 Å². The molecule has 1 atom stereocenters. The van der Waals surface area contributed by atoms with Crippen LogP contribution < -0.4 is 5.32 Å². The molecule has 3 aromatic carbocycles. The van der Waals surface area contributed by atoms with Crippen LogP contribution in [0.1, 0.15) is 23.6 Å². The molecule has 5 rings (SSSR count). The van der Waals surface area contributed by atoms with E-state index in [0.717, 1.165) is 11.9 Å². The number of carbonyl (C=O) groups excluding carboxylic acids is 1. The summed E-state index contributed by atoms with van der Waals surface area (Å²) in [5.74, 6) is 0.0616. The molecule has 154 valence electrons. The minimum Gasteiger partial charge on any atom is -0.361 e. The summed E-state index contributed by atoms with van der Waals surface area (Å²) >= 11 is 0. The molecule has 0 fully saturated rings. The first kappa shape index (κ1) is 19.2. The molecule has 1 unspecified atom stereocenters. The standard InChI is InChI=1S/C27H25N3O/c31-27(28-15-14-21-19-29-25-13-4-3-11-23(21)25)18-26(30-16-5-6-17-30)24-12-7-9-20-8-1-2-10-22(20)24/h1-13,16-17,19,26,29H,14-15,18H2,(H,28,31). The predicted octanol–water partition coefficient (Wildman–Crippen LogP) is 5.46. The van der Waals surface area contributed by atoms with Crippen LogP contribution >= 0.6 is 0 Å². The third kappa shape index (κ3) is 3.97. The van der Waals surface area contributed by atoms with Crippen LogP contribution in [0.4, 0.5) is 0 Å². The Hall–Kier alpha value is -3.79. The molecule has 0 aliphatic carbocycles. The largest absolute Gasteiger partial charge is 0.361 e. The van der Waals surface area contributed by atoms with E-state index < -0.39 is 0 Å². The lowest BCUT2D eigenvalue weighted by atomic mass is 9.96. The van der Waals surface area contributed by atoms with Gasteiger partial charge in [0, 0.05) is 36.0 Å². The van der Waals surface area contributed by atoms with Crippen LogP contribution in [0, 0.1) is 0 Å². The number of benzene rings is 3. The van der Waals surface area contributed by atoms with Gasteiger partial charge in [-0.05, 0) is 46.5 Å². The van der Waals surface area contributed by atoms with Gasteiger partial charge < -0.3 is 14.9 Å². The fourth-order valence-corrected chi connectivity index (χ4v) is 4.40. The van der Waals surface area contributed by atoms with Gasteiger partial charge in [0.15, 0.2) is 0 Å². The van der Waals surface area contributed by atoms with Crippen molar-refractivity contribution in [2.75, 3.05) is 6.54 Å². The second-order valence-electron chi connectivity index (χ2n) is 7.88. The Bertz CT molecular complexity index is 1310. The molecule has 0 saturated carbocycles. The Morgan fingerprint density at radius 2 is 1.61 bits per heavy atom. The minimum atomic E-state index is -0.0470. The van der Waals surface area contributed by atoms with E-state index in [4.69, 9.17) is 0 Å². The van der Waals surface area contributed by atoms with Gasteiger partial charge in [-0.1, -0.05) is 60.7 Å². The summed E-state index contributed by atoms with van der Waals surface area (Å²) in [6.45, 7) is 0.620. The molecule has 4 nitrogen and oxygen atoms in total. The molecule has 31 heavy (non-hydrogen) atoms. The van der Waals surface area contributed by atoms with Crippen molar-refractivity contribution in [1.82, 2.24) is 14.9 Å². The van der Waals surface area contributed by atoms with Crippen LogP contribution in [0.15, 0.2) is 97.5 Å². The maximum Gasteiger partial charge on any atom is 0.222 e. The number of aromatic nitrogens is 2. The van der Waals surface area contributed by atoms with E-state index in [2.05, 4.69) is 63.4 Å². The van der Waals surface area contributed by atoms with Gasteiger partial charge in [-0.15, -0.1) is 0 Å². The SMILES string of the molecule is O=C(CC(c1cccc2ccccc12)n1cccc1)NCCc1c[nH]c2ccccc12. The lowest BCUT2D eigenvalue weighted by molar-refractivity contribution is -0.121. The number of hydrogen-bond acceptors (Lipinski definition) is 1. The van der Waals surface area contributed by atoms with Gasteiger partial charge in [0.1, 0.15) is 0 Å². The van der Waals surface area contributed by atoms with Crippen LogP contribution in [0.25, 0.3) is 21.7 Å². The molecule has 4 heteroatoms. The molecule has 2 heterocycles. The van der Waals surface area contributed by atoms with Crippen molar-refractivity contribution >= 4 is 27.6 Å². The molecular weight excluding hydrogens is 382 g/mol. The molecule has 0 saturated heterocycles. The van der Waals surface area contributed by atoms with E-state index in [9.17, 15) is 4.79 Å². The van der Waals surface area contributed by atoms with Crippen molar-refractivity contribution in [2.45, 2.75) is 18.9 Å². The highest BCUT2D eigenvalue weighted by molar-refractivity contribution is 5.87. The first-order valence-corrected chi connectivity index (χ1v) is 10.7. The van der Waals surface area contributed by atoms with Crippen LogP contribution in [0.5, 0.6) is 0 Å². The molecule has 0 aliphatic heterocycles. The van der Waals surface area contributed by atoms with Gasteiger partial charge in [0.2, 0.25) is 5.91 Å². The van der Waals surface area contributed by atoms with E-state index in [-0.39, 0.29) is 11.9 Å². The molecule has 5 aromatic rings. The highest BCUT2D eigenvalue weighted by atomic mass is 16.1. The van der Waals surface area contributed by atoms with E-state index in [0.29, 0.717) is 13.0 Å². The van der Waals surface area contributed by atoms with Gasteiger partial charge in [0.25, 0.3) is 0 Å². The molecular formula is C27H25N3O. The van der Waals surface area contributed by atoms with E-state index in [1.807, 2.05) is 48.9 Å². The maximum atomic E-state index is 12.9. The number of H-pyrrole nitrogens is 1. The summed E-state index contributed by atoms with van der Waals surface area (Å²) in [5.41, 5.74) is 3.53. The quantitative estimate of drug-likeness (QED) is 0.370. The van der Waals surface area contributed by atoms with Crippen LogP contribution in [0.2, 0.25) is 0 Å². The van der Waals surface area contributed by atoms with E-state index >= 15 is 0 Å². The average Bonchev–Trinajstić information content (AvgIpc) is 3.48. The maximum absolute atomic E-state index is 12.9. The summed E-state index contributed by atoms with van der Waals surface area (Å²) in [7, 11) is 0. The van der Waals surface area contributed by atoms with Gasteiger partial charge in [-0.25, -0.2) is 0 Å². The predicted molar refractivity (Wildman–Crippen MR) is 126 cm³/mol. The Kier molecular flexibility index (Phi) is 5.28. The smallest absolute Gasteiger partial charge is 0.222 e. The highest BCUT2D eigenvalue weighted by Crippen LogP contribution is 2.29. The number of rotatable bonds is 7. The van der Waals surface area contributed by atoms with Gasteiger partial charge >= 0.3 is 0 Å². The first-order chi connectivity index (χ1) is 15.3. The average molecular weight is 408 g/mol. The fourth-order valence-electron chi connectivity index (χ4n) is 4.40. The van der Waals surface area contributed by atoms with Gasteiger partial charge in [-0.2, -0.15) is 0 Å². The lowest BCUT2D eigenvalue weighted by Gasteiger charge is -2.21. The molecule has 0 spiro atoms. The Morgan fingerprint density at radius 3 is 2.48 bits per heavy atom. The van der Waals surface area contributed by atoms with Gasteiger partial charge in [0.05, 0.1) is 12.5 Å². The number of para-hydroxylation sites is 1. The minimum absolute atomic E-state index is 0.0470. The zero-order valence-corrected chi connectivity index (χ0v) is 17.3. The van der Waals surface area contributed by atoms with Crippen molar-refractivity contribution in [1.29, 1.82) is 0 Å². The Balaban J connectivity index is 1.32. The van der Waals surface area contributed by atoms with Crippen molar-refractivity contribution in [2.24, 2.45) is 0 Å². The summed E-state index contributed by atoms with van der Waals surface area (Å²) in [6.07, 6.45) is 7.31. The van der Waals surface area contributed by atoms with Gasteiger partial charge in [-0.3, -0.25) is 4.79 Å². The number of amides is 1. The second-order valence-corrected chi connectivity index (χ2v) is 7.88.